The average molecular weight is 242 g/mol. The van der Waals surface area contributed by atoms with Gasteiger partial charge in [-0.25, -0.2) is 8.78 Å². The predicted octanol–water partition coefficient (Wildman–Crippen LogP) is 1.23. The van der Waals surface area contributed by atoms with Crippen LogP contribution in [0.3, 0.4) is 0 Å². The van der Waals surface area contributed by atoms with Crippen molar-refractivity contribution < 1.29 is 13.6 Å². The van der Waals surface area contributed by atoms with Crippen LogP contribution in [0.15, 0.2) is 18.2 Å². The van der Waals surface area contributed by atoms with Crippen LogP contribution in [0.2, 0.25) is 0 Å². The molecule has 3 nitrogen and oxygen atoms in total. The normalized spacial score (nSPS) is 10.3. The van der Waals surface area contributed by atoms with Crippen LogP contribution in [0.5, 0.6) is 0 Å². The number of halogens is 2. The largest absolute Gasteiger partial charge is 0.355 e. The predicted molar refractivity (Wildman–Crippen MR) is 61.6 cm³/mol. The molecule has 1 amide bonds. The van der Waals surface area contributed by atoms with Crippen LogP contribution in [-0.4, -0.2) is 26.0 Å². The summed E-state index contributed by atoms with van der Waals surface area (Å²) in [6, 6.07) is 3.85. The summed E-state index contributed by atoms with van der Waals surface area (Å²) in [6.07, 6.45) is 1.30. The smallest absolute Gasteiger partial charge is 0.233 e. The van der Waals surface area contributed by atoms with Gasteiger partial charge in [0.15, 0.2) is 11.6 Å². The number of likely N-dealkylation sites (N-methyl/N-ethyl adjacent to an activating group) is 1. The molecule has 0 saturated heterocycles. The molecular weight excluding hydrogens is 226 g/mol. The topological polar surface area (TPSA) is 41.1 Å². The van der Waals surface area contributed by atoms with Crippen LogP contribution in [0.4, 0.5) is 8.78 Å². The summed E-state index contributed by atoms with van der Waals surface area (Å²) in [4.78, 5) is 11.1. The van der Waals surface area contributed by atoms with Gasteiger partial charge in [-0.15, -0.1) is 0 Å². The first-order chi connectivity index (χ1) is 8.13. The number of carbonyl (C=O) groups is 1. The van der Waals surface area contributed by atoms with E-state index in [1.54, 1.807) is 13.1 Å². The SMILES string of the molecule is CNCC(=O)NCCCc1ccc(F)c(F)c1. The number of aryl methyl sites for hydroxylation is 1. The number of benzene rings is 1. The summed E-state index contributed by atoms with van der Waals surface area (Å²) in [7, 11) is 1.70. The first-order valence-electron chi connectivity index (χ1n) is 5.48. The molecule has 1 aromatic rings. The van der Waals surface area contributed by atoms with E-state index in [1.807, 2.05) is 0 Å². The van der Waals surface area contributed by atoms with Crippen molar-refractivity contribution in [3.63, 3.8) is 0 Å². The molecule has 0 aliphatic heterocycles. The molecule has 17 heavy (non-hydrogen) atoms. The van der Waals surface area contributed by atoms with Gasteiger partial charge in [0.05, 0.1) is 6.54 Å². The van der Waals surface area contributed by atoms with Crippen molar-refractivity contribution in [2.45, 2.75) is 12.8 Å². The lowest BCUT2D eigenvalue weighted by atomic mass is 10.1. The van der Waals surface area contributed by atoms with Crippen LogP contribution in [0.1, 0.15) is 12.0 Å². The van der Waals surface area contributed by atoms with Gasteiger partial charge in [0, 0.05) is 6.54 Å². The summed E-state index contributed by atoms with van der Waals surface area (Å²) >= 11 is 0. The molecule has 0 aliphatic rings. The van der Waals surface area contributed by atoms with Crippen LogP contribution in [0.25, 0.3) is 0 Å². The van der Waals surface area contributed by atoms with E-state index in [1.165, 1.54) is 6.07 Å². The second-order valence-electron chi connectivity index (χ2n) is 3.73. The lowest BCUT2D eigenvalue weighted by molar-refractivity contribution is -0.120. The Kier molecular flexibility index (Phi) is 5.56. The van der Waals surface area contributed by atoms with Gasteiger partial charge in [-0.3, -0.25) is 4.79 Å². The molecule has 0 heterocycles. The Morgan fingerprint density at radius 2 is 2.06 bits per heavy atom. The van der Waals surface area contributed by atoms with Crippen molar-refractivity contribution in [3.8, 4) is 0 Å². The number of nitrogens with one attached hydrogen (secondary N) is 2. The molecule has 1 rings (SSSR count). The Balaban J connectivity index is 2.26. The van der Waals surface area contributed by atoms with E-state index in [4.69, 9.17) is 0 Å². The molecule has 0 unspecified atom stereocenters. The summed E-state index contributed by atoms with van der Waals surface area (Å²) in [6.45, 7) is 0.810. The van der Waals surface area contributed by atoms with E-state index < -0.39 is 11.6 Å². The fourth-order valence-corrected chi connectivity index (χ4v) is 1.44. The molecule has 0 saturated carbocycles. The fourth-order valence-electron chi connectivity index (χ4n) is 1.44. The van der Waals surface area contributed by atoms with Crippen LogP contribution in [0, 0.1) is 11.6 Å². The van der Waals surface area contributed by atoms with Gasteiger partial charge >= 0.3 is 0 Å². The second-order valence-corrected chi connectivity index (χ2v) is 3.73. The maximum atomic E-state index is 12.9. The number of hydrogen-bond acceptors (Lipinski definition) is 2. The minimum Gasteiger partial charge on any atom is -0.355 e. The summed E-state index contributed by atoms with van der Waals surface area (Å²) < 4.78 is 25.5. The molecule has 0 aromatic heterocycles. The minimum atomic E-state index is -0.837. The molecule has 0 spiro atoms. The fraction of sp³-hybridized carbons (Fsp3) is 0.417. The Morgan fingerprint density at radius 1 is 1.29 bits per heavy atom. The van der Waals surface area contributed by atoms with Crippen LogP contribution >= 0.6 is 0 Å². The average Bonchev–Trinajstić information content (AvgIpc) is 2.29. The highest BCUT2D eigenvalue weighted by atomic mass is 19.2. The number of rotatable bonds is 6. The Bertz CT molecular complexity index is 383. The van der Waals surface area contributed by atoms with Crippen molar-refractivity contribution in [3.05, 3.63) is 35.4 Å². The maximum Gasteiger partial charge on any atom is 0.233 e. The standard InChI is InChI=1S/C12H16F2N2O/c1-15-8-12(17)16-6-2-3-9-4-5-10(13)11(14)7-9/h4-5,7,15H,2-3,6,8H2,1H3,(H,16,17). The van der Waals surface area contributed by atoms with Gasteiger partial charge in [0.25, 0.3) is 0 Å². The van der Waals surface area contributed by atoms with Gasteiger partial charge in [-0.2, -0.15) is 0 Å². The number of carbonyl (C=O) groups excluding carboxylic acids is 1. The van der Waals surface area contributed by atoms with Crippen LogP contribution in [-0.2, 0) is 11.2 Å². The summed E-state index contributed by atoms with van der Waals surface area (Å²) in [5.74, 6) is -1.74. The Morgan fingerprint density at radius 3 is 2.71 bits per heavy atom. The first kappa shape index (κ1) is 13.6. The van der Waals surface area contributed by atoms with Crippen molar-refractivity contribution in [1.29, 1.82) is 0 Å². The highest BCUT2D eigenvalue weighted by Crippen LogP contribution is 2.09. The molecule has 0 aliphatic carbocycles. The van der Waals surface area contributed by atoms with E-state index in [9.17, 15) is 13.6 Å². The lowest BCUT2D eigenvalue weighted by Crippen LogP contribution is -2.32. The summed E-state index contributed by atoms with van der Waals surface area (Å²) in [5, 5.41) is 5.45. The van der Waals surface area contributed by atoms with Gasteiger partial charge in [0.2, 0.25) is 5.91 Å². The monoisotopic (exact) mass is 242 g/mol. The molecule has 94 valence electrons. The Labute approximate surface area is 99.2 Å². The van der Waals surface area contributed by atoms with E-state index in [0.29, 0.717) is 19.4 Å². The minimum absolute atomic E-state index is 0.0715. The molecule has 0 atom stereocenters. The quantitative estimate of drug-likeness (QED) is 0.737. The molecular formula is C12H16F2N2O. The molecule has 0 bridgehead atoms. The zero-order valence-corrected chi connectivity index (χ0v) is 9.72. The molecule has 0 radical (unpaired) electrons. The third kappa shape index (κ3) is 4.91. The third-order valence-electron chi connectivity index (χ3n) is 2.29. The highest BCUT2D eigenvalue weighted by Gasteiger charge is 2.02. The zero-order chi connectivity index (χ0) is 12.7. The third-order valence-corrected chi connectivity index (χ3v) is 2.29. The van der Waals surface area contributed by atoms with Crippen molar-refractivity contribution in [2.75, 3.05) is 20.1 Å². The second kappa shape index (κ2) is 6.96. The summed E-state index contributed by atoms with van der Waals surface area (Å²) in [5.41, 5.74) is 0.728. The lowest BCUT2D eigenvalue weighted by Gasteiger charge is -2.05. The van der Waals surface area contributed by atoms with Gasteiger partial charge in [-0.05, 0) is 37.6 Å². The van der Waals surface area contributed by atoms with E-state index in [2.05, 4.69) is 10.6 Å². The van der Waals surface area contributed by atoms with Gasteiger partial charge in [-0.1, -0.05) is 6.07 Å². The molecule has 1 aromatic carbocycles. The van der Waals surface area contributed by atoms with Crippen LogP contribution < -0.4 is 10.6 Å². The zero-order valence-electron chi connectivity index (χ0n) is 9.72. The van der Waals surface area contributed by atoms with E-state index in [-0.39, 0.29) is 12.5 Å². The maximum absolute atomic E-state index is 12.9. The Hall–Kier alpha value is -1.49. The van der Waals surface area contributed by atoms with Gasteiger partial charge in [0.1, 0.15) is 0 Å². The van der Waals surface area contributed by atoms with Crippen molar-refractivity contribution >= 4 is 5.91 Å². The highest BCUT2D eigenvalue weighted by molar-refractivity contribution is 5.77. The molecule has 5 heteroatoms. The van der Waals surface area contributed by atoms with Crippen molar-refractivity contribution in [2.24, 2.45) is 0 Å². The van der Waals surface area contributed by atoms with Crippen molar-refractivity contribution in [1.82, 2.24) is 10.6 Å². The van der Waals surface area contributed by atoms with E-state index in [0.717, 1.165) is 11.6 Å². The molecule has 2 N–H and O–H groups in total. The number of amides is 1. The number of hydrogen-bond donors (Lipinski definition) is 2. The first-order valence-corrected chi connectivity index (χ1v) is 5.48. The molecule has 0 fully saturated rings. The van der Waals surface area contributed by atoms with E-state index >= 15 is 0 Å². The van der Waals surface area contributed by atoms with Gasteiger partial charge < -0.3 is 10.6 Å².